The monoisotopic (exact) mass is 169 g/mol. The predicted octanol–water partition coefficient (Wildman–Crippen LogP) is 2.67. The van der Waals surface area contributed by atoms with Crippen LogP contribution in [0.25, 0.3) is 0 Å². The molecule has 0 spiro atoms. The third kappa shape index (κ3) is 2.78. The minimum absolute atomic E-state index is 0.873. The lowest BCUT2D eigenvalue weighted by Crippen LogP contribution is -2.28. The van der Waals surface area contributed by atoms with Crippen LogP contribution in [0.3, 0.4) is 0 Å². The maximum absolute atomic E-state index is 3.48. The third-order valence-corrected chi connectivity index (χ3v) is 3.25. The first kappa shape index (κ1) is 10.0. The highest BCUT2D eigenvalue weighted by Gasteiger charge is 2.21. The van der Waals surface area contributed by atoms with Crippen molar-refractivity contribution < 1.29 is 0 Å². The Morgan fingerprint density at radius 1 is 1.17 bits per heavy atom. The van der Waals surface area contributed by atoms with Crippen LogP contribution in [0, 0.1) is 17.8 Å². The molecule has 0 aromatic heterocycles. The van der Waals surface area contributed by atoms with E-state index in [1.165, 1.54) is 32.4 Å². The van der Waals surface area contributed by atoms with Crippen LogP contribution in [-0.2, 0) is 0 Å². The molecule has 0 saturated carbocycles. The minimum atomic E-state index is 0.873. The SMILES string of the molecule is CC(C)C1CCCNCCC1C. The quantitative estimate of drug-likeness (QED) is 0.636. The highest BCUT2D eigenvalue weighted by molar-refractivity contribution is 4.73. The summed E-state index contributed by atoms with van der Waals surface area (Å²) in [5.41, 5.74) is 0. The average molecular weight is 169 g/mol. The van der Waals surface area contributed by atoms with Crippen molar-refractivity contribution in [1.82, 2.24) is 5.32 Å². The molecule has 0 aliphatic carbocycles. The lowest BCUT2D eigenvalue weighted by molar-refractivity contribution is 0.222. The van der Waals surface area contributed by atoms with Gasteiger partial charge < -0.3 is 5.32 Å². The van der Waals surface area contributed by atoms with Crippen molar-refractivity contribution in [1.29, 1.82) is 0 Å². The summed E-state index contributed by atoms with van der Waals surface area (Å²) in [6, 6.07) is 0. The molecule has 1 rings (SSSR count). The van der Waals surface area contributed by atoms with Crippen LogP contribution in [0.2, 0.25) is 0 Å². The molecule has 1 aliphatic rings. The fourth-order valence-corrected chi connectivity index (χ4v) is 2.41. The largest absolute Gasteiger partial charge is 0.317 e. The van der Waals surface area contributed by atoms with Gasteiger partial charge in [-0.05, 0) is 50.1 Å². The van der Waals surface area contributed by atoms with Gasteiger partial charge in [0.15, 0.2) is 0 Å². The Kier molecular flexibility index (Phi) is 4.07. The van der Waals surface area contributed by atoms with E-state index >= 15 is 0 Å². The van der Waals surface area contributed by atoms with Gasteiger partial charge >= 0.3 is 0 Å². The van der Waals surface area contributed by atoms with E-state index in [1.54, 1.807) is 0 Å². The Balaban J connectivity index is 2.43. The highest BCUT2D eigenvalue weighted by Crippen LogP contribution is 2.28. The molecule has 0 bridgehead atoms. The molecule has 12 heavy (non-hydrogen) atoms. The maximum atomic E-state index is 3.48. The Bertz CT molecular complexity index is 120. The second-order valence-corrected chi connectivity index (χ2v) is 4.57. The molecule has 0 aromatic carbocycles. The van der Waals surface area contributed by atoms with Gasteiger partial charge in [-0.15, -0.1) is 0 Å². The van der Waals surface area contributed by atoms with Crippen molar-refractivity contribution in [2.45, 2.75) is 40.0 Å². The van der Waals surface area contributed by atoms with E-state index in [4.69, 9.17) is 0 Å². The van der Waals surface area contributed by atoms with E-state index in [-0.39, 0.29) is 0 Å². The van der Waals surface area contributed by atoms with Gasteiger partial charge in [-0.1, -0.05) is 20.8 Å². The molecule has 1 fully saturated rings. The van der Waals surface area contributed by atoms with E-state index in [0.29, 0.717) is 0 Å². The van der Waals surface area contributed by atoms with E-state index < -0.39 is 0 Å². The second-order valence-electron chi connectivity index (χ2n) is 4.57. The van der Waals surface area contributed by atoms with Crippen LogP contribution in [0.1, 0.15) is 40.0 Å². The Morgan fingerprint density at radius 2 is 1.92 bits per heavy atom. The first-order valence-corrected chi connectivity index (χ1v) is 5.42. The van der Waals surface area contributed by atoms with Gasteiger partial charge in [-0.2, -0.15) is 0 Å². The molecular formula is C11H23N. The first-order chi connectivity index (χ1) is 5.72. The molecule has 2 atom stereocenters. The first-order valence-electron chi connectivity index (χ1n) is 5.42. The Morgan fingerprint density at radius 3 is 2.58 bits per heavy atom. The summed E-state index contributed by atoms with van der Waals surface area (Å²) in [6.45, 7) is 9.62. The number of rotatable bonds is 1. The molecule has 0 radical (unpaired) electrons. The van der Waals surface area contributed by atoms with E-state index in [9.17, 15) is 0 Å². The summed E-state index contributed by atoms with van der Waals surface area (Å²) < 4.78 is 0. The highest BCUT2D eigenvalue weighted by atomic mass is 14.8. The summed E-state index contributed by atoms with van der Waals surface area (Å²) in [5, 5.41) is 3.48. The third-order valence-electron chi connectivity index (χ3n) is 3.25. The Labute approximate surface area is 76.9 Å². The summed E-state index contributed by atoms with van der Waals surface area (Å²) in [5.74, 6) is 2.75. The average Bonchev–Trinajstić information content (AvgIpc) is 1.96. The summed E-state index contributed by atoms with van der Waals surface area (Å²) in [6.07, 6.45) is 4.15. The zero-order valence-corrected chi connectivity index (χ0v) is 8.77. The van der Waals surface area contributed by atoms with E-state index in [0.717, 1.165) is 17.8 Å². The molecule has 0 aromatic rings. The molecule has 1 saturated heterocycles. The van der Waals surface area contributed by atoms with Crippen molar-refractivity contribution in [3.05, 3.63) is 0 Å². The van der Waals surface area contributed by atoms with E-state index in [2.05, 4.69) is 26.1 Å². The molecule has 1 nitrogen and oxygen atoms in total. The van der Waals surface area contributed by atoms with Gasteiger partial charge in [0, 0.05) is 0 Å². The molecule has 0 amide bonds. The lowest BCUT2D eigenvalue weighted by Gasteiger charge is -2.29. The lowest BCUT2D eigenvalue weighted by atomic mass is 9.79. The zero-order chi connectivity index (χ0) is 8.97. The molecule has 72 valence electrons. The second kappa shape index (κ2) is 4.86. The molecule has 2 unspecified atom stereocenters. The van der Waals surface area contributed by atoms with Crippen molar-refractivity contribution in [2.24, 2.45) is 17.8 Å². The molecule has 1 heteroatoms. The summed E-state index contributed by atoms with van der Waals surface area (Å²) >= 11 is 0. The van der Waals surface area contributed by atoms with Crippen molar-refractivity contribution in [3.63, 3.8) is 0 Å². The fourth-order valence-electron chi connectivity index (χ4n) is 2.41. The van der Waals surface area contributed by atoms with Crippen molar-refractivity contribution in [2.75, 3.05) is 13.1 Å². The van der Waals surface area contributed by atoms with Gasteiger partial charge in [0.2, 0.25) is 0 Å². The van der Waals surface area contributed by atoms with Gasteiger partial charge in [-0.3, -0.25) is 0 Å². The molecular weight excluding hydrogens is 146 g/mol. The standard InChI is InChI=1S/C11H23N/c1-9(2)11-5-4-7-12-8-6-10(11)3/h9-12H,4-8H2,1-3H3. The summed E-state index contributed by atoms with van der Waals surface area (Å²) in [7, 11) is 0. The fraction of sp³-hybridized carbons (Fsp3) is 1.00. The van der Waals surface area contributed by atoms with Crippen LogP contribution in [0.15, 0.2) is 0 Å². The molecule has 1 N–H and O–H groups in total. The maximum Gasteiger partial charge on any atom is -0.00463 e. The Hall–Kier alpha value is -0.0400. The van der Waals surface area contributed by atoms with Gasteiger partial charge in [0.25, 0.3) is 0 Å². The van der Waals surface area contributed by atoms with Gasteiger partial charge in [0.05, 0.1) is 0 Å². The van der Waals surface area contributed by atoms with Crippen molar-refractivity contribution in [3.8, 4) is 0 Å². The zero-order valence-electron chi connectivity index (χ0n) is 8.77. The minimum Gasteiger partial charge on any atom is -0.317 e. The van der Waals surface area contributed by atoms with E-state index in [1.807, 2.05) is 0 Å². The summed E-state index contributed by atoms with van der Waals surface area (Å²) in [4.78, 5) is 0. The van der Waals surface area contributed by atoms with Crippen LogP contribution in [0.4, 0.5) is 0 Å². The van der Waals surface area contributed by atoms with Crippen LogP contribution >= 0.6 is 0 Å². The van der Waals surface area contributed by atoms with Crippen LogP contribution in [0.5, 0.6) is 0 Å². The smallest absolute Gasteiger partial charge is 0.00463 e. The molecule has 1 aliphatic heterocycles. The van der Waals surface area contributed by atoms with Gasteiger partial charge in [0.1, 0.15) is 0 Å². The van der Waals surface area contributed by atoms with Crippen LogP contribution < -0.4 is 5.32 Å². The van der Waals surface area contributed by atoms with Crippen LogP contribution in [-0.4, -0.2) is 13.1 Å². The van der Waals surface area contributed by atoms with Gasteiger partial charge in [-0.25, -0.2) is 0 Å². The predicted molar refractivity (Wildman–Crippen MR) is 54.2 cm³/mol. The number of nitrogens with one attached hydrogen (secondary N) is 1. The topological polar surface area (TPSA) is 12.0 Å². The normalized spacial score (nSPS) is 33.0. The number of hydrogen-bond donors (Lipinski definition) is 1. The van der Waals surface area contributed by atoms with Crippen molar-refractivity contribution >= 4 is 0 Å². The molecule has 1 heterocycles. The number of hydrogen-bond acceptors (Lipinski definition) is 1.